The lowest BCUT2D eigenvalue weighted by molar-refractivity contribution is 0.0697. The van der Waals surface area contributed by atoms with Gasteiger partial charge in [0.25, 0.3) is 0 Å². The number of nitriles is 1. The molecule has 0 amide bonds. The van der Waals surface area contributed by atoms with Crippen LogP contribution >= 0.6 is 0 Å². The lowest BCUT2D eigenvalue weighted by atomic mass is 10.1. The first kappa shape index (κ1) is 13.6. The minimum atomic E-state index is -0.973. The van der Waals surface area contributed by atoms with Crippen LogP contribution in [0.5, 0.6) is 0 Å². The van der Waals surface area contributed by atoms with Gasteiger partial charge in [0, 0.05) is 6.54 Å². The van der Waals surface area contributed by atoms with Gasteiger partial charge in [0.1, 0.15) is 0 Å². The maximum atomic E-state index is 10.9. The largest absolute Gasteiger partial charge is 0.478 e. The van der Waals surface area contributed by atoms with Gasteiger partial charge in [0.2, 0.25) is 5.95 Å². The number of carbonyl (C=O) groups is 1. The molecule has 0 aliphatic rings. The molecule has 1 aromatic heterocycles. The van der Waals surface area contributed by atoms with Crippen LogP contribution in [-0.2, 0) is 6.54 Å². The van der Waals surface area contributed by atoms with E-state index in [0.717, 1.165) is 5.56 Å². The fraction of sp³-hybridized carbons (Fsp3) is 0.0625. The molecule has 3 N–H and O–H groups in total. The number of aromatic carboxylic acids is 1. The van der Waals surface area contributed by atoms with E-state index in [0.29, 0.717) is 29.1 Å². The number of benzene rings is 2. The van der Waals surface area contributed by atoms with Gasteiger partial charge in [-0.25, -0.2) is 9.78 Å². The highest BCUT2D eigenvalue weighted by molar-refractivity contribution is 5.92. The Hall–Kier alpha value is -3.33. The summed E-state index contributed by atoms with van der Waals surface area (Å²) in [6, 6.07) is 14.1. The van der Waals surface area contributed by atoms with Crippen LogP contribution in [0.25, 0.3) is 11.0 Å². The van der Waals surface area contributed by atoms with Crippen LogP contribution in [0.1, 0.15) is 21.5 Å². The zero-order chi connectivity index (χ0) is 15.5. The van der Waals surface area contributed by atoms with Crippen molar-refractivity contribution < 1.29 is 9.90 Å². The second kappa shape index (κ2) is 5.58. The number of carboxylic acids is 1. The number of H-pyrrole nitrogens is 1. The number of imidazole rings is 1. The van der Waals surface area contributed by atoms with E-state index < -0.39 is 5.97 Å². The number of nitrogens with one attached hydrogen (secondary N) is 2. The average molecular weight is 292 g/mol. The molecule has 0 atom stereocenters. The molecule has 0 fully saturated rings. The van der Waals surface area contributed by atoms with Gasteiger partial charge < -0.3 is 15.4 Å². The monoisotopic (exact) mass is 292 g/mol. The third-order valence-corrected chi connectivity index (χ3v) is 3.24. The minimum Gasteiger partial charge on any atom is -0.478 e. The van der Waals surface area contributed by atoms with Crippen molar-refractivity contribution in [2.75, 3.05) is 5.32 Å². The number of aromatic amines is 1. The Labute approximate surface area is 126 Å². The summed E-state index contributed by atoms with van der Waals surface area (Å²) >= 11 is 0. The third-order valence-electron chi connectivity index (χ3n) is 3.24. The number of carboxylic acid groups (broad SMARTS) is 1. The van der Waals surface area contributed by atoms with E-state index in [1.54, 1.807) is 24.3 Å². The van der Waals surface area contributed by atoms with Gasteiger partial charge in [0.15, 0.2) is 0 Å². The van der Waals surface area contributed by atoms with E-state index >= 15 is 0 Å². The summed E-state index contributed by atoms with van der Waals surface area (Å²) in [6.45, 7) is 0.515. The standard InChI is InChI=1S/C16H12N4O2/c17-8-10-2-1-3-11(6-10)9-18-16-19-13-5-4-12(15(21)22)7-14(13)20-16/h1-7H,9H2,(H,21,22)(H2,18,19,20). The Kier molecular flexibility index (Phi) is 3.46. The molecule has 6 heteroatoms. The Morgan fingerprint density at radius 2 is 2.18 bits per heavy atom. The quantitative estimate of drug-likeness (QED) is 0.686. The highest BCUT2D eigenvalue weighted by Crippen LogP contribution is 2.17. The Morgan fingerprint density at radius 1 is 1.32 bits per heavy atom. The molecule has 1 heterocycles. The van der Waals surface area contributed by atoms with Crippen molar-refractivity contribution >= 4 is 23.0 Å². The smallest absolute Gasteiger partial charge is 0.335 e. The molecular formula is C16H12N4O2. The van der Waals surface area contributed by atoms with Gasteiger partial charge in [-0.05, 0) is 35.9 Å². The van der Waals surface area contributed by atoms with Gasteiger partial charge in [-0.3, -0.25) is 0 Å². The van der Waals surface area contributed by atoms with Crippen LogP contribution in [0.4, 0.5) is 5.95 Å². The number of hydrogen-bond acceptors (Lipinski definition) is 4. The number of nitrogens with zero attached hydrogens (tertiary/aromatic N) is 2. The van der Waals surface area contributed by atoms with Crippen LogP contribution in [0, 0.1) is 11.3 Å². The topological polar surface area (TPSA) is 102 Å². The Morgan fingerprint density at radius 3 is 2.95 bits per heavy atom. The van der Waals surface area contributed by atoms with Crippen molar-refractivity contribution in [2.45, 2.75) is 6.54 Å². The number of aromatic nitrogens is 2. The summed E-state index contributed by atoms with van der Waals surface area (Å²) in [5.41, 5.74) is 3.14. The van der Waals surface area contributed by atoms with Gasteiger partial charge >= 0.3 is 5.97 Å². The normalized spacial score (nSPS) is 10.3. The molecule has 0 bridgehead atoms. The second-order valence-electron chi connectivity index (χ2n) is 4.79. The number of anilines is 1. The first-order valence-corrected chi connectivity index (χ1v) is 6.62. The summed E-state index contributed by atoms with van der Waals surface area (Å²) in [4.78, 5) is 18.3. The first-order chi connectivity index (χ1) is 10.7. The highest BCUT2D eigenvalue weighted by Gasteiger charge is 2.07. The predicted octanol–water partition coefficient (Wildman–Crippen LogP) is 2.74. The average Bonchev–Trinajstić information content (AvgIpc) is 2.95. The molecule has 0 aliphatic carbocycles. The zero-order valence-electron chi connectivity index (χ0n) is 11.5. The molecule has 0 aliphatic heterocycles. The fourth-order valence-corrected chi connectivity index (χ4v) is 2.16. The molecule has 22 heavy (non-hydrogen) atoms. The van der Waals surface area contributed by atoms with Crippen molar-refractivity contribution in [3.05, 3.63) is 59.2 Å². The zero-order valence-corrected chi connectivity index (χ0v) is 11.5. The van der Waals surface area contributed by atoms with Crippen LogP contribution in [-0.4, -0.2) is 21.0 Å². The summed E-state index contributed by atoms with van der Waals surface area (Å²) in [5.74, 6) is -0.417. The van der Waals surface area contributed by atoms with Crippen LogP contribution < -0.4 is 5.32 Å². The van der Waals surface area contributed by atoms with E-state index in [1.807, 2.05) is 12.1 Å². The van der Waals surface area contributed by atoms with E-state index in [-0.39, 0.29) is 5.56 Å². The van der Waals surface area contributed by atoms with E-state index in [9.17, 15) is 4.79 Å². The van der Waals surface area contributed by atoms with Crippen molar-refractivity contribution in [3.8, 4) is 6.07 Å². The highest BCUT2D eigenvalue weighted by atomic mass is 16.4. The number of rotatable bonds is 4. The minimum absolute atomic E-state index is 0.212. The second-order valence-corrected chi connectivity index (χ2v) is 4.79. The van der Waals surface area contributed by atoms with Gasteiger partial charge in [-0.15, -0.1) is 0 Å². The third kappa shape index (κ3) is 2.74. The molecular weight excluding hydrogens is 280 g/mol. The number of hydrogen-bond donors (Lipinski definition) is 3. The van der Waals surface area contributed by atoms with Crippen molar-refractivity contribution in [3.63, 3.8) is 0 Å². The Balaban J connectivity index is 1.79. The molecule has 0 saturated heterocycles. The summed E-state index contributed by atoms with van der Waals surface area (Å²) in [7, 11) is 0. The van der Waals surface area contributed by atoms with E-state index in [4.69, 9.17) is 10.4 Å². The molecule has 0 unspecified atom stereocenters. The van der Waals surface area contributed by atoms with Crippen molar-refractivity contribution in [1.29, 1.82) is 5.26 Å². The first-order valence-electron chi connectivity index (χ1n) is 6.62. The molecule has 6 nitrogen and oxygen atoms in total. The Bertz CT molecular complexity index is 893. The maximum Gasteiger partial charge on any atom is 0.335 e. The van der Waals surface area contributed by atoms with Crippen LogP contribution in [0.2, 0.25) is 0 Å². The molecule has 3 aromatic rings. The van der Waals surface area contributed by atoms with Gasteiger partial charge in [-0.2, -0.15) is 5.26 Å². The molecule has 2 aromatic carbocycles. The summed E-state index contributed by atoms with van der Waals surface area (Å²) in [6.07, 6.45) is 0. The van der Waals surface area contributed by atoms with Gasteiger partial charge in [0.05, 0.1) is 28.2 Å². The maximum absolute atomic E-state index is 10.9. The fourth-order valence-electron chi connectivity index (χ4n) is 2.16. The van der Waals surface area contributed by atoms with Gasteiger partial charge in [-0.1, -0.05) is 12.1 Å². The van der Waals surface area contributed by atoms with Crippen molar-refractivity contribution in [1.82, 2.24) is 9.97 Å². The van der Waals surface area contributed by atoms with Crippen LogP contribution in [0.15, 0.2) is 42.5 Å². The predicted molar refractivity (Wildman–Crippen MR) is 81.5 cm³/mol. The lowest BCUT2D eigenvalue weighted by Gasteiger charge is -2.03. The molecule has 108 valence electrons. The molecule has 0 radical (unpaired) electrons. The van der Waals surface area contributed by atoms with E-state index in [2.05, 4.69) is 21.4 Å². The molecule has 0 spiro atoms. The van der Waals surface area contributed by atoms with Crippen molar-refractivity contribution in [2.24, 2.45) is 0 Å². The number of fused-ring (bicyclic) bond motifs is 1. The lowest BCUT2D eigenvalue weighted by Crippen LogP contribution is -2.00. The SMILES string of the molecule is N#Cc1cccc(CNc2nc3ccc(C(=O)O)cc3[nH]2)c1. The van der Waals surface area contributed by atoms with E-state index in [1.165, 1.54) is 6.07 Å². The molecule has 0 saturated carbocycles. The van der Waals surface area contributed by atoms with Crippen LogP contribution in [0.3, 0.4) is 0 Å². The summed E-state index contributed by atoms with van der Waals surface area (Å²) in [5, 5.41) is 21.0. The summed E-state index contributed by atoms with van der Waals surface area (Å²) < 4.78 is 0. The molecule has 3 rings (SSSR count).